The van der Waals surface area contributed by atoms with Gasteiger partial charge in [-0.1, -0.05) is 36.2 Å². The topological polar surface area (TPSA) is 29.3 Å². The van der Waals surface area contributed by atoms with Crippen molar-refractivity contribution in [1.29, 1.82) is 0 Å². The Bertz CT molecular complexity index is 349. The molecule has 0 bridgehead atoms. The van der Waals surface area contributed by atoms with Crippen LogP contribution < -0.4 is 5.73 Å². The maximum atomic E-state index is 5.85. The lowest BCUT2D eigenvalue weighted by Gasteiger charge is -2.35. The molecule has 1 unspecified atom stereocenters. The highest BCUT2D eigenvalue weighted by atomic mass is 15.2. The first kappa shape index (κ1) is 12.6. The summed E-state index contributed by atoms with van der Waals surface area (Å²) >= 11 is 0. The molecular formula is C15H24N2. The molecule has 2 nitrogen and oxygen atoms in total. The van der Waals surface area contributed by atoms with Gasteiger partial charge in [0, 0.05) is 19.1 Å². The normalized spacial score (nSPS) is 21.6. The Hall–Kier alpha value is -0.860. The number of hydrogen-bond acceptors (Lipinski definition) is 2. The molecule has 1 aromatic rings. The third-order valence-corrected chi connectivity index (χ3v) is 3.79. The van der Waals surface area contributed by atoms with E-state index in [9.17, 15) is 0 Å². The molecule has 1 aromatic carbocycles. The largest absolute Gasteiger partial charge is 0.329 e. The molecule has 1 fully saturated rings. The van der Waals surface area contributed by atoms with E-state index in [1.165, 1.54) is 36.9 Å². The van der Waals surface area contributed by atoms with Crippen LogP contribution in [0.2, 0.25) is 0 Å². The smallest absolute Gasteiger partial charge is 0.0218 e. The van der Waals surface area contributed by atoms with Gasteiger partial charge in [-0.2, -0.15) is 0 Å². The molecule has 0 aromatic heterocycles. The summed E-state index contributed by atoms with van der Waals surface area (Å²) in [5.74, 6) is 0. The molecule has 2 N–H and O–H groups in total. The molecule has 1 aliphatic rings. The van der Waals surface area contributed by atoms with E-state index in [2.05, 4.69) is 36.1 Å². The van der Waals surface area contributed by atoms with Gasteiger partial charge in [0.25, 0.3) is 0 Å². The Kier molecular flexibility index (Phi) is 4.57. The van der Waals surface area contributed by atoms with Gasteiger partial charge in [-0.3, -0.25) is 4.90 Å². The van der Waals surface area contributed by atoms with Crippen LogP contribution in [-0.2, 0) is 6.42 Å². The third kappa shape index (κ3) is 3.55. The third-order valence-electron chi connectivity index (χ3n) is 3.79. The zero-order valence-electron chi connectivity index (χ0n) is 10.9. The summed E-state index contributed by atoms with van der Waals surface area (Å²) < 4.78 is 0. The summed E-state index contributed by atoms with van der Waals surface area (Å²) in [6, 6.07) is 9.46. The van der Waals surface area contributed by atoms with Crippen LogP contribution in [0.3, 0.4) is 0 Å². The molecule has 0 saturated carbocycles. The second kappa shape index (κ2) is 6.18. The summed E-state index contributed by atoms with van der Waals surface area (Å²) in [6.45, 7) is 5.36. The lowest BCUT2D eigenvalue weighted by Crippen LogP contribution is -2.44. The first-order chi connectivity index (χ1) is 8.29. The van der Waals surface area contributed by atoms with Crippen LogP contribution >= 0.6 is 0 Å². The fourth-order valence-electron chi connectivity index (χ4n) is 2.76. The number of hydrogen-bond donors (Lipinski definition) is 1. The second-order valence-electron chi connectivity index (χ2n) is 5.16. The molecule has 0 amide bonds. The standard InChI is InChI=1S/C15H24N2/c1-13-5-4-6-14(11-13)8-10-17-9-3-2-7-15(17)12-16/h4-6,11,15H,2-3,7-10,12,16H2,1H3. The monoisotopic (exact) mass is 232 g/mol. The van der Waals surface area contributed by atoms with Crippen molar-refractivity contribution in [3.8, 4) is 0 Å². The van der Waals surface area contributed by atoms with Crippen molar-refractivity contribution in [2.45, 2.75) is 38.6 Å². The molecule has 0 spiro atoms. The fourth-order valence-corrected chi connectivity index (χ4v) is 2.76. The van der Waals surface area contributed by atoms with Gasteiger partial charge in [0.1, 0.15) is 0 Å². The molecule has 1 heterocycles. The van der Waals surface area contributed by atoms with Crippen molar-refractivity contribution < 1.29 is 0 Å². The van der Waals surface area contributed by atoms with E-state index in [4.69, 9.17) is 5.73 Å². The van der Waals surface area contributed by atoms with Crippen molar-refractivity contribution in [2.24, 2.45) is 5.73 Å². The van der Waals surface area contributed by atoms with E-state index in [1.54, 1.807) is 0 Å². The van der Waals surface area contributed by atoms with Gasteiger partial charge in [-0.15, -0.1) is 0 Å². The predicted octanol–water partition coefficient (Wildman–Crippen LogP) is 2.35. The molecular weight excluding hydrogens is 208 g/mol. The first-order valence-electron chi connectivity index (χ1n) is 6.79. The summed E-state index contributed by atoms with van der Waals surface area (Å²) in [4.78, 5) is 2.58. The molecule has 1 saturated heterocycles. The molecule has 2 rings (SSSR count). The van der Waals surface area contributed by atoms with E-state index >= 15 is 0 Å². The van der Waals surface area contributed by atoms with Crippen LogP contribution in [0, 0.1) is 6.92 Å². The van der Waals surface area contributed by atoms with E-state index in [0.29, 0.717) is 6.04 Å². The van der Waals surface area contributed by atoms with E-state index in [1.807, 2.05) is 0 Å². The number of likely N-dealkylation sites (tertiary alicyclic amines) is 1. The van der Waals surface area contributed by atoms with E-state index in [0.717, 1.165) is 19.5 Å². The highest BCUT2D eigenvalue weighted by Gasteiger charge is 2.20. The van der Waals surface area contributed by atoms with Crippen molar-refractivity contribution in [2.75, 3.05) is 19.6 Å². The molecule has 94 valence electrons. The van der Waals surface area contributed by atoms with Crippen LogP contribution in [0.5, 0.6) is 0 Å². The number of rotatable bonds is 4. The molecule has 17 heavy (non-hydrogen) atoms. The number of benzene rings is 1. The van der Waals surface area contributed by atoms with Gasteiger partial charge in [0.05, 0.1) is 0 Å². The molecule has 0 radical (unpaired) electrons. The molecule has 1 aliphatic heterocycles. The fraction of sp³-hybridized carbons (Fsp3) is 0.600. The van der Waals surface area contributed by atoms with Crippen molar-refractivity contribution >= 4 is 0 Å². The summed E-state index contributed by atoms with van der Waals surface area (Å²) in [5.41, 5.74) is 8.65. The number of aryl methyl sites for hydroxylation is 1. The van der Waals surface area contributed by atoms with Crippen molar-refractivity contribution in [3.05, 3.63) is 35.4 Å². The van der Waals surface area contributed by atoms with Gasteiger partial charge in [-0.05, 0) is 38.3 Å². The minimum Gasteiger partial charge on any atom is -0.329 e. The average molecular weight is 232 g/mol. The Balaban J connectivity index is 1.88. The average Bonchev–Trinajstić information content (AvgIpc) is 2.37. The Morgan fingerprint density at radius 2 is 2.24 bits per heavy atom. The van der Waals surface area contributed by atoms with E-state index < -0.39 is 0 Å². The zero-order chi connectivity index (χ0) is 12.1. The van der Waals surface area contributed by atoms with Crippen molar-refractivity contribution in [3.63, 3.8) is 0 Å². The van der Waals surface area contributed by atoms with Crippen molar-refractivity contribution in [1.82, 2.24) is 4.90 Å². The number of nitrogens with zero attached hydrogens (tertiary/aromatic N) is 1. The second-order valence-corrected chi connectivity index (χ2v) is 5.16. The van der Waals surface area contributed by atoms with Crippen LogP contribution in [0.1, 0.15) is 30.4 Å². The maximum absolute atomic E-state index is 5.85. The molecule has 0 aliphatic carbocycles. The summed E-state index contributed by atoms with van der Waals surface area (Å²) in [7, 11) is 0. The minimum absolute atomic E-state index is 0.619. The highest BCUT2D eigenvalue weighted by molar-refractivity contribution is 5.22. The number of nitrogens with two attached hydrogens (primary N) is 1. The van der Waals surface area contributed by atoms with Gasteiger partial charge in [0.2, 0.25) is 0 Å². The molecule has 2 heteroatoms. The maximum Gasteiger partial charge on any atom is 0.0218 e. The quantitative estimate of drug-likeness (QED) is 0.863. The van der Waals surface area contributed by atoms with Gasteiger partial charge < -0.3 is 5.73 Å². The highest BCUT2D eigenvalue weighted by Crippen LogP contribution is 2.16. The Labute approximate surface area is 105 Å². The van der Waals surface area contributed by atoms with Crippen LogP contribution in [-0.4, -0.2) is 30.6 Å². The SMILES string of the molecule is Cc1cccc(CCN2CCCCC2CN)c1. The molecule has 1 atom stereocenters. The summed E-state index contributed by atoms with van der Waals surface area (Å²) in [6.07, 6.45) is 5.12. The Morgan fingerprint density at radius 3 is 3.00 bits per heavy atom. The van der Waals surface area contributed by atoms with Gasteiger partial charge >= 0.3 is 0 Å². The van der Waals surface area contributed by atoms with Crippen LogP contribution in [0.4, 0.5) is 0 Å². The first-order valence-corrected chi connectivity index (χ1v) is 6.79. The van der Waals surface area contributed by atoms with Gasteiger partial charge in [-0.25, -0.2) is 0 Å². The van der Waals surface area contributed by atoms with Gasteiger partial charge in [0.15, 0.2) is 0 Å². The lowest BCUT2D eigenvalue weighted by molar-refractivity contribution is 0.155. The Morgan fingerprint density at radius 1 is 1.35 bits per heavy atom. The van der Waals surface area contributed by atoms with Crippen LogP contribution in [0.25, 0.3) is 0 Å². The lowest BCUT2D eigenvalue weighted by atomic mass is 10.0. The van der Waals surface area contributed by atoms with Crippen LogP contribution in [0.15, 0.2) is 24.3 Å². The number of piperidine rings is 1. The summed E-state index contributed by atoms with van der Waals surface area (Å²) in [5, 5.41) is 0. The zero-order valence-corrected chi connectivity index (χ0v) is 10.9. The van der Waals surface area contributed by atoms with E-state index in [-0.39, 0.29) is 0 Å². The predicted molar refractivity (Wildman–Crippen MR) is 73.1 cm³/mol. The minimum atomic E-state index is 0.619.